The van der Waals surface area contributed by atoms with E-state index < -0.39 is 6.10 Å². The molecule has 0 aromatic carbocycles. The van der Waals surface area contributed by atoms with E-state index in [1.54, 1.807) is 0 Å². The van der Waals surface area contributed by atoms with Crippen molar-refractivity contribution < 1.29 is 28.6 Å². The highest BCUT2D eigenvalue weighted by Gasteiger charge is 2.19. The molecule has 0 N–H and O–H groups in total. The van der Waals surface area contributed by atoms with Gasteiger partial charge in [-0.1, -0.05) is 291 Å². The van der Waals surface area contributed by atoms with Gasteiger partial charge in [0.05, 0.1) is 0 Å². The molecule has 0 aliphatic carbocycles. The Morgan fingerprint density at radius 1 is 0.306 bits per heavy atom. The summed E-state index contributed by atoms with van der Waals surface area (Å²) in [4.78, 5) is 38.2. The quantitative estimate of drug-likeness (QED) is 0.0199. The topological polar surface area (TPSA) is 78.9 Å². The molecule has 72 heavy (non-hydrogen) atoms. The van der Waals surface area contributed by atoms with Crippen molar-refractivity contribution in [1.82, 2.24) is 0 Å². The maximum absolute atomic E-state index is 12.9. The van der Waals surface area contributed by atoms with E-state index in [0.29, 0.717) is 19.3 Å². The second-order valence-corrected chi connectivity index (χ2v) is 19.7. The minimum absolute atomic E-state index is 0.0967. The number of esters is 3. The van der Waals surface area contributed by atoms with Crippen molar-refractivity contribution in [2.45, 2.75) is 277 Å². The fourth-order valence-electron chi connectivity index (χ4n) is 8.22. The lowest BCUT2D eigenvalue weighted by Crippen LogP contribution is -2.30. The molecule has 0 rings (SSSR count). The summed E-state index contributed by atoms with van der Waals surface area (Å²) in [5.74, 6) is -0.943. The molecule has 6 nitrogen and oxygen atoms in total. The van der Waals surface area contributed by atoms with E-state index in [1.165, 1.54) is 148 Å². The predicted molar refractivity (Wildman–Crippen MR) is 311 cm³/mol. The first-order valence-corrected chi connectivity index (χ1v) is 30.0. The van der Waals surface area contributed by atoms with Gasteiger partial charge in [0.1, 0.15) is 13.2 Å². The number of unbranched alkanes of at least 4 members (excludes halogenated alkanes) is 30. The van der Waals surface area contributed by atoms with E-state index in [-0.39, 0.29) is 31.1 Å². The van der Waals surface area contributed by atoms with Crippen LogP contribution in [0.1, 0.15) is 271 Å². The molecular weight excluding hydrogens is 889 g/mol. The van der Waals surface area contributed by atoms with Crippen molar-refractivity contribution in [2.75, 3.05) is 13.2 Å². The van der Waals surface area contributed by atoms with E-state index in [1.807, 2.05) is 72.9 Å². The SMILES string of the molecule is CC\C=C/C=C\C=C/C=C\C=C\C=C/C=C\CCCCCC(=O)OCC(COC(=O)CCCCCCCCC/C=C\C/C=C\CCCCC)OC(=O)CCCCCCCCCCCCCCCCCCCC. The number of carbonyl (C=O) groups excluding carboxylic acids is 3. The highest BCUT2D eigenvalue weighted by molar-refractivity contribution is 5.71. The average Bonchev–Trinajstić information content (AvgIpc) is 3.38. The number of ether oxygens (including phenoxy) is 3. The van der Waals surface area contributed by atoms with Crippen LogP contribution in [0, 0.1) is 0 Å². The summed E-state index contributed by atoms with van der Waals surface area (Å²) in [5, 5.41) is 0. The molecule has 0 fully saturated rings. The van der Waals surface area contributed by atoms with E-state index in [2.05, 4.69) is 57.2 Å². The number of carbonyl (C=O) groups is 3. The largest absolute Gasteiger partial charge is 0.462 e. The smallest absolute Gasteiger partial charge is 0.306 e. The third-order valence-corrected chi connectivity index (χ3v) is 12.7. The second-order valence-electron chi connectivity index (χ2n) is 19.7. The van der Waals surface area contributed by atoms with Gasteiger partial charge in [-0.3, -0.25) is 14.4 Å². The van der Waals surface area contributed by atoms with Gasteiger partial charge in [-0.25, -0.2) is 0 Å². The lowest BCUT2D eigenvalue weighted by molar-refractivity contribution is -0.167. The molecule has 0 aliphatic heterocycles. The Morgan fingerprint density at radius 2 is 0.597 bits per heavy atom. The Bertz CT molecular complexity index is 1470. The third kappa shape index (κ3) is 57.0. The van der Waals surface area contributed by atoms with Gasteiger partial charge in [-0.2, -0.15) is 0 Å². The zero-order valence-electron chi connectivity index (χ0n) is 46.9. The molecule has 0 saturated heterocycles. The third-order valence-electron chi connectivity index (χ3n) is 12.7. The molecule has 0 spiro atoms. The molecule has 0 amide bonds. The molecular formula is C66H110O6. The predicted octanol–water partition coefficient (Wildman–Crippen LogP) is 20.3. The zero-order chi connectivity index (χ0) is 52.2. The van der Waals surface area contributed by atoms with Gasteiger partial charge in [0, 0.05) is 19.3 Å². The van der Waals surface area contributed by atoms with Gasteiger partial charge in [0.2, 0.25) is 0 Å². The summed E-state index contributed by atoms with van der Waals surface area (Å²) < 4.78 is 16.9. The normalized spacial score (nSPS) is 12.9. The summed E-state index contributed by atoms with van der Waals surface area (Å²) in [7, 11) is 0. The molecule has 6 heteroatoms. The van der Waals surface area contributed by atoms with Gasteiger partial charge >= 0.3 is 17.9 Å². The van der Waals surface area contributed by atoms with Crippen LogP contribution < -0.4 is 0 Å². The Labute approximate surface area is 444 Å². The zero-order valence-corrected chi connectivity index (χ0v) is 46.9. The number of allylic oxidation sites excluding steroid dienone is 18. The molecule has 410 valence electrons. The lowest BCUT2D eigenvalue weighted by Gasteiger charge is -2.18. The molecule has 0 saturated carbocycles. The molecule has 0 radical (unpaired) electrons. The van der Waals surface area contributed by atoms with Crippen molar-refractivity contribution >= 4 is 17.9 Å². The maximum Gasteiger partial charge on any atom is 0.306 e. The fourth-order valence-corrected chi connectivity index (χ4v) is 8.22. The molecule has 0 bridgehead atoms. The van der Waals surface area contributed by atoms with Crippen molar-refractivity contribution in [1.29, 1.82) is 0 Å². The fraction of sp³-hybridized carbons (Fsp3) is 0.682. The first kappa shape index (κ1) is 68.1. The first-order chi connectivity index (χ1) is 35.5. The average molecular weight is 1000 g/mol. The number of hydrogen-bond acceptors (Lipinski definition) is 6. The van der Waals surface area contributed by atoms with E-state index >= 15 is 0 Å². The standard InChI is InChI=1S/C66H110O6/c1-4-7-10-13-16-19-22-25-28-31-33-36-38-41-44-47-50-53-56-59-65(68)71-62-63(61-70-64(67)58-55-52-49-46-43-40-37-34-30-27-24-21-18-15-12-9-6-3)72-66(69)60-57-54-51-48-45-42-39-35-32-29-26-23-20-17-14-11-8-5-2/h7,10,13,16,18-19,21-22,25,27-28,30-31,33,36,38,41,44,63H,4-6,8-9,11-12,14-15,17,20,23-24,26,29,32,34-35,37,39-40,42-43,45-62H2,1-3H3/b10-7-,16-13-,21-18-,22-19-,28-25-,30-27-,33-31+,38-36-,44-41-. The Kier molecular flexibility index (Phi) is 56.4. The van der Waals surface area contributed by atoms with Crippen LogP contribution in [0.4, 0.5) is 0 Å². The van der Waals surface area contributed by atoms with E-state index in [4.69, 9.17) is 14.2 Å². The van der Waals surface area contributed by atoms with E-state index in [9.17, 15) is 14.4 Å². The summed E-state index contributed by atoms with van der Waals surface area (Å²) in [6.45, 7) is 6.44. The van der Waals surface area contributed by atoms with Crippen LogP contribution in [0.2, 0.25) is 0 Å². The summed E-state index contributed by atoms with van der Waals surface area (Å²) in [5.41, 5.74) is 0. The molecule has 0 heterocycles. The van der Waals surface area contributed by atoms with Crippen LogP contribution in [0.15, 0.2) is 109 Å². The summed E-state index contributed by atoms with van der Waals surface area (Å²) in [6.07, 6.45) is 80.7. The van der Waals surface area contributed by atoms with Gasteiger partial charge in [0.25, 0.3) is 0 Å². The van der Waals surface area contributed by atoms with Crippen LogP contribution in [-0.2, 0) is 28.6 Å². The van der Waals surface area contributed by atoms with Crippen LogP contribution in [0.5, 0.6) is 0 Å². The summed E-state index contributed by atoms with van der Waals surface area (Å²) in [6, 6.07) is 0. The molecule has 0 aliphatic rings. The number of rotatable bonds is 53. The van der Waals surface area contributed by atoms with Crippen molar-refractivity contribution in [2.24, 2.45) is 0 Å². The van der Waals surface area contributed by atoms with Crippen LogP contribution >= 0.6 is 0 Å². The monoisotopic (exact) mass is 999 g/mol. The minimum atomic E-state index is -0.802. The molecule has 0 aromatic heterocycles. The Morgan fingerprint density at radius 3 is 1.00 bits per heavy atom. The summed E-state index contributed by atoms with van der Waals surface area (Å²) >= 11 is 0. The second kappa shape index (κ2) is 59.6. The van der Waals surface area contributed by atoms with Gasteiger partial charge in [-0.15, -0.1) is 0 Å². The molecule has 1 atom stereocenters. The van der Waals surface area contributed by atoms with Crippen LogP contribution in [0.3, 0.4) is 0 Å². The first-order valence-electron chi connectivity index (χ1n) is 30.0. The van der Waals surface area contributed by atoms with Crippen LogP contribution in [-0.4, -0.2) is 37.2 Å². The lowest BCUT2D eigenvalue weighted by atomic mass is 10.0. The van der Waals surface area contributed by atoms with Crippen molar-refractivity contribution in [3.63, 3.8) is 0 Å². The van der Waals surface area contributed by atoms with Gasteiger partial charge < -0.3 is 14.2 Å². The minimum Gasteiger partial charge on any atom is -0.462 e. The number of hydrogen-bond donors (Lipinski definition) is 0. The maximum atomic E-state index is 12.9. The van der Waals surface area contributed by atoms with Gasteiger partial charge in [-0.05, 0) is 70.6 Å². The Balaban J connectivity index is 4.49. The highest BCUT2D eigenvalue weighted by Crippen LogP contribution is 2.16. The van der Waals surface area contributed by atoms with Crippen LogP contribution in [0.25, 0.3) is 0 Å². The Hall–Kier alpha value is -3.93. The van der Waals surface area contributed by atoms with Crippen molar-refractivity contribution in [3.05, 3.63) is 109 Å². The molecule has 0 aromatic rings. The highest BCUT2D eigenvalue weighted by atomic mass is 16.6. The molecule has 1 unspecified atom stereocenters. The van der Waals surface area contributed by atoms with Crippen molar-refractivity contribution in [3.8, 4) is 0 Å². The van der Waals surface area contributed by atoms with Gasteiger partial charge in [0.15, 0.2) is 6.10 Å². The van der Waals surface area contributed by atoms with E-state index in [0.717, 1.165) is 83.5 Å².